The number of hydrogen-bond acceptors (Lipinski definition) is 3. The lowest BCUT2D eigenvalue weighted by Crippen LogP contribution is -2.42. The summed E-state index contributed by atoms with van der Waals surface area (Å²) in [5.74, 6) is 3.36. The van der Waals surface area contributed by atoms with Crippen LogP contribution in [-0.4, -0.2) is 19.7 Å². The van der Waals surface area contributed by atoms with Crippen LogP contribution in [-0.2, 0) is 16.0 Å². The zero-order valence-electron chi connectivity index (χ0n) is 14.1. The van der Waals surface area contributed by atoms with Crippen LogP contribution < -0.4 is 4.74 Å². The Bertz CT molecular complexity index is 623. The van der Waals surface area contributed by atoms with E-state index in [9.17, 15) is 4.79 Å². The molecule has 3 nitrogen and oxygen atoms in total. The molecule has 0 saturated heterocycles. The predicted octanol–water partition coefficient (Wildman–Crippen LogP) is 4.09. The van der Waals surface area contributed by atoms with Crippen molar-refractivity contribution in [2.24, 2.45) is 17.3 Å². The number of benzene rings is 1. The van der Waals surface area contributed by atoms with Crippen LogP contribution in [0.5, 0.6) is 5.75 Å². The first-order valence-electron chi connectivity index (χ1n) is 8.91. The standard InChI is InChI=1S/C20H26O3/c1-20-10-9-16-15-6-4-14(23-12-22-2)11-13(15)3-5-17(16)18(20)7-8-19(20)21/h4,6,11,16-18H,3,5,7-10,12H2,1-2H3/t16-,17-,18+,20+/m1/s1. The molecule has 0 aromatic heterocycles. The zero-order chi connectivity index (χ0) is 16.0. The summed E-state index contributed by atoms with van der Waals surface area (Å²) in [4.78, 5) is 12.4. The normalized spacial score (nSPS) is 35.4. The topological polar surface area (TPSA) is 35.5 Å². The fourth-order valence-corrected chi connectivity index (χ4v) is 5.55. The van der Waals surface area contributed by atoms with Gasteiger partial charge in [-0.2, -0.15) is 0 Å². The largest absolute Gasteiger partial charge is 0.468 e. The second-order valence-corrected chi connectivity index (χ2v) is 7.74. The molecular weight excluding hydrogens is 288 g/mol. The van der Waals surface area contributed by atoms with Gasteiger partial charge in [-0.25, -0.2) is 0 Å². The number of ether oxygens (including phenoxy) is 2. The minimum atomic E-state index is -0.0276. The maximum atomic E-state index is 12.4. The molecule has 0 aliphatic heterocycles. The zero-order valence-corrected chi connectivity index (χ0v) is 14.1. The third-order valence-electron chi connectivity index (χ3n) is 6.75. The molecule has 0 spiro atoms. The van der Waals surface area contributed by atoms with Crippen LogP contribution in [0.15, 0.2) is 18.2 Å². The Kier molecular flexibility index (Phi) is 3.72. The average Bonchev–Trinajstić information content (AvgIpc) is 2.88. The first kappa shape index (κ1) is 15.2. The predicted molar refractivity (Wildman–Crippen MR) is 88.6 cm³/mol. The van der Waals surface area contributed by atoms with Crippen molar-refractivity contribution in [3.8, 4) is 5.75 Å². The number of carbonyl (C=O) groups is 1. The summed E-state index contributed by atoms with van der Waals surface area (Å²) in [7, 11) is 1.64. The van der Waals surface area contributed by atoms with E-state index in [0.717, 1.165) is 37.9 Å². The molecule has 0 radical (unpaired) electrons. The fourth-order valence-electron chi connectivity index (χ4n) is 5.55. The summed E-state index contributed by atoms with van der Waals surface area (Å²) in [6, 6.07) is 6.53. The van der Waals surface area contributed by atoms with Crippen LogP contribution in [0.25, 0.3) is 0 Å². The van der Waals surface area contributed by atoms with Gasteiger partial charge in [0.15, 0.2) is 6.79 Å². The van der Waals surface area contributed by atoms with Crippen molar-refractivity contribution < 1.29 is 14.3 Å². The van der Waals surface area contributed by atoms with Crippen LogP contribution in [0.2, 0.25) is 0 Å². The van der Waals surface area contributed by atoms with Crippen LogP contribution in [0.1, 0.15) is 56.1 Å². The number of Topliss-reactive ketones (excluding diaryl/α,β-unsaturated/α-hetero) is 1. The Morgan fingerprint density at radius 3 is 2.91 bits per heavy atom. The van der Waals surface area contributed by atoms with Crippen LogP contribution in [0.4, 0.5) is 0 Å². The summed E-state index contributed by atoms with van der Waals surface area (Å²) in [5.41, 5.74) is 2.92. The van der Waals surface area contributed by atoms with Gasteiger partial charge in [0, 0.05) is 18.9 Å². The monoisotopic (exact) mass is 314 g/mol. The molecule has 3 aliphatic carbocycles. The van der Waals surface area contributed by atoms with Crippen molar-refractivity contribution in [2.45, 2.75) is 51.4 Å². The van der Waals surface area contributed by atoms with Crippen molar-refractivity contribution in [1.82, 2.24) is 0 Å². The van der Waals surface area contributed by atoms with Crippen molar-refractivity contribution >= 4 is 5.78 Å². The van der Waals surface area contributed by atoms with Crippen molar-refractivity contribution in [1.29, 1.82) is 0 Å². The summed E-state index contributed by atoms with van der Waals surface area (Å²) >= 11 is 0. The molecule has 0 unspecified atom stereocenters. The van der Waals surface area contributed by atoms with E-state index < -0.39 is 0 Å². The second-order valence-electron chi connectivity index (χ2n) is 7.74. The van der Waals surface area contributed by atoms with E-state index in [-0.39, 0.29) is 5.41 Å². The van der Waals surface area contributed by atoms with Crippen molar-refractivity contribution in [2.75, 3.05) is 13.9 Å². The molecular formula is C20H26O3. The van der Waals surface area contributed by atoms with Gasteiger partial charge in [0.1, 0.15) is 11.5 Å². The summed E-state index contributed by atoms with van der Waals surface area (Å²) < 4.78 is 10.6. The van der Waals surface area contributed by atoms with Crippen LogP contribution in [0, 0.1) is 17.3 Å². The van der Waals surface area contributed by atoms with Crippen LogP contribution >= 0.6 is 0 Å². The Labute approximate surface area is 138 Å². The molecule has 0 amide bonds. The van der Waals surface area contributed by atoms with Crippen molar-refractivity contribution in [3.63, 3.8) is 0 Å². The van der Waals surface area contributed by atoms with Gasteiger partial charge in [0.05, 0.1) is 0 Å². The number of fused-ring (bicyclic) bond motifs is 5. The van der Waals surface area contributed by atoms with E-state index in [1.165, 1.54) is 17.5 Å². The van der Waals surface area contributed by atoms with E-state index in [1.807, 2.05) is 0 Å². The van der Waals surface area contributed by atoms with E-state index in [0.29, 0.717) is 30.3 Å². The lowest BCUT2D eigenvalue weighted by Gasteiger charge is -2.48. The molecule has 2 saturated carbocycles. The Hall–Kier alpha value is -1.35. The van der Waals surface area contributed by atoms with Gasteiger partial charge in [-0.3, -0.25) is 4.79 Å². The Morgan fingerprint density at radius 2 is 2.09 bits per heavy atom. The third-order valence-corrected chi connectivity index (χ3v) is 6.75. The van der Waals surface area contributed by atoms with Gasteiger partial charge in [0.2, 0.25) is 0 Å². The first-order chi connectivity index (χ1) is 11.1. The molecule has 0 bridgehead atoms. The number of carbonyl (C=O) groups excluding carboxylic acids is 1. The summed E-state index contributed by atoms with van der Waals surface area (Å²) in [6.07, 6.45) is 6.48. The lowest BCUT2D eigenvalue weighted by atomic mass is 9.55. The highest BCUT2D eigenvalue weighted by Crippen LogP contribution is 2.59. The maximum Gasteiger partial charge on any atom is 0.188 e. The van der Waals surface area contributed by atoms with Gasteiger partial charge < -0.3 is 9.47 Å². The molecule has 4 atom stereocenters. The number of rotatable bonds is 3. The molecule has 4 rings (SSSR count). The molecule has 23 heavy (non-hydrogen) atoms. The third kappa shape index (κ3) is 2.32. The van der Waals surface area contributed by atoms with Gasteiger partial charge in [-0.1, -0.05) is 13.0 Å². The van der Waals surface area contributed by atoms with Gasteiger partial charge >= 0.3 is 0 Å². The minimum Gasteiger partial charge on any atom is -0.468 e. The average molecular weight is 314 g/mol. The highest BCUT2D eigenvalue weighted by Gasteiger charge is 2.54. The van der Waals surface area contributed by atoms with E-state index in [4.69, 9.17) is 9.47 Å². The highest BCUT2D eigenvalue weighted by atomic mass is 16.7. The molecule has 124 valence electrons. The molecule has 0 heterocycles. The van der Waals surface area contributed by atoms with Gasteiger partial charge in [0.25, 0.3) is 0 Å². The smallest absolute Gasteiger partial charge is 0.188 e. The molecule has 1 aromatic rings. The van der Waals surface area contributed by atoms with Crippen LogP contribution in [0.3, 0.4) is 0 Å². The Morgan fingerprint density at radius 1 is 1.22 bits per heavy atom. The quantitative estimate of drug-likeness (QED) is 0.788. The number of methoxy groups -OCH3 is 1. The maximum absolute atomic E-state index is 12.4. The lowest BCUT2D eigenvalue weighted by molar-refractivity contribution is -0.129. The first-order valence-corrected chi connectivity index (χ1v) is 8.91. The number of ketones is 1. The van der Waals surface area contributed by atoms with E-state index in [2.05, 4.69) is 25.1 Å². The van der Waals surface area contributed by atoms with E-state index >= 15 is 0 Å². The van der Waals surface area contributed by atoms with Crippen molar-refractivity contribution in [3.05, 3.63) is 29.3 Å². The fraction of sp³-hybridized carbons (Fsp3) is 0.650. The second kappa shape index (κ2) is 5.62. The summed E-state index contributed by atoms with van der Waals surface area (Å²) in [6.45, 7) is 2.54. The number of aryl methyl sites for hydroxylation is 1. The van der Waals surface area contributed by atoms with E-state index in [1.54, 1.807) is 7.11 Å². The van der Waals surface area contributed by atoms with Gasteiger partial charge in [-0.05, 0) is 73.1 Å². The highest BCUT2D eigenvalue weighted by molar-refractivity contribution is 5.87. The van der Waals surface area contributed by atoms with Gasteiger partial charge in [-0.15, -0.1) is 0 Å². The summed E-state index contributed by atoms with van der Waals surface area (Å²) in [5, 5.41) is 0. The molecule has 1 aromatic carbocycles. The number of hydrogen-bond donors (Lipinski definition) is 0. The molecule has 3 heteroatoms. The SMILES string of the molecule is COCOc1ccc2c(c1)CC[C@@H]1[C@@H]2CC[C@]2(C)C(=O)CC[C@@H]12. The molecule has 2 fully saturated rings. The minimum absolute atomic E-state index is 0.0276. The molecule has 3 aliphatic rings. The molecule has 0 N–H and O–H groups in total. The Balaban J connectivity index is 1.61.